The second-order valence-corrected chi connectivity index (χ2v) is 7.57. The average Bonchev–Trinajstić information content (AvgIpc) is 3.01. The lowest BCUT2D eigenvalue weighted by atomic mass is 10.2. The number of carbonyl (C=O) groups excluding carboxylic acids is 2. The number of amides is 2. The number of esters is 1. The van der Waals surface area contributed by atoms with Gasteiger partial charge in [-0.3, -0.25) is 0 Å². The van der Waals surface area contributed by atoms with E-state index in [-0.39, 0.29) is 18.1 Å². The zero-order valence-electron chi connectivity index (χ0n) is 18.3. The molecule has 8 nitrogen and oxygen atoms in total. The van der Waals surface area contributed by atoms with Crippen molar-refractivity contribution in [3.05, 3.63) is 48.2 Å². The number of anilines is 2. The molecule has 31 heavy (non-hydrogen) atoms. The van der Waals surface area contributed by atoms with E-state index in [1.54, 1.807) is 13.0 Å². The maximum absolute atomic E-state index is 12.7. The lowest BCUT2D eigenvalue weighted by molar-refractivity contribution is 0.0526. The first-order chi connectivity index (χ1) is 15.0. The van der Waals surface area contributed by atoms with E-state index in [1.165, 1.54) is 6.20 Å². The number of benzene rings is 1. The summed E-state index contributed by atoms with van der Waals surface area (Å²) in [5, 5.41) is 2.95. The number of nitrogens with one attached hydrogen (secondary N) is 1. The monoisotopic (exact) mass is 426 g/mol. The van der Waals surface area contributed by atoms with Crippen molar-refractivity contribution in [2.24, 2.45) is 0 Å². The van der Waals surface area contributed by atoms with E-state index < -0.39 is 0 Å². The van der Waals surface area contributed by atoms with Crippen molar-refractivity contribution >= 4 is 23.5 Å². The van der Waals surface area contributed by atoms with Gasteiger partial charge >= 0.3 is 12.0 Å². The van der Waals surface area contributed by atoms with Crippen LogP contribution in [-0.2, 0) is 4.74 Å². The van der Waals surface area contributed by atoms with E-state index in [2.05, 4.69) is 15.2 Å². The molecule has 1 fully saturated rings. The maximum atomic E-state index is 12.7. The van der Waals surface area contributed by atoms with Crippen LogP contribution in [0.2, 0.25) is 0 Å². The number of aromatic nitrogens is 1. The van der Waals surface area contributed by atoms with Gasteiger partial charge in [0.2, 0.25) is 0 Å². The lowest BCUT2D eigenvalue weighted by Crippen LogP contribution is -2.38. The fourth-order valence-electron chi connectivity index (χ4n) is 3.35. The van der Waals surface area contributed by atoms with Crippen LogP contribution in [0.25, 0.3) is 0 Å². The van der Waals surface area contributed by atoms with Gasteiger partial charge in [0.15, 0.2) is 0 Å². The summed E-state index contributed by atoms with van der Waals surface area (Å²) < 4.78 is 10.6. The third-order valence-corrected chi connectivity index (χ3v) is 4.84. The van der Waals surface area contributed by atoms with E-state index >= 15 is 0 Å². The molecule has 0 bridgehead atoms. The van der Waals surface area contributed by atoms with Crippen LogP contribution in [0, 0.1) is 0 Å². The minimum absolute atomic E-state index is 0.108. The second kappa shape index (κ2) is 10.7. The largest absolute Gasteiger partial charge is 0.491 e. The molecular weight excluding hydrogens is 396 g/mol. The average molecular weight is 427 g/mol. The van der Waals surface area contributed by atoms with Crippen molar-refractivity contribution in [3.63, 3.8) is 0 Å². The number of nitrogens with zero attached hydrogens (tertiary/aromatic N) is 3. The van der Waals surface area contributed by atoms with Crippen molar-refractivity contribution in [2.45, 2.75) is 33.3 Å². The first-order valence-corrected chi connectivity index (χ1v) is 10.7. The Balaban J connectivity index is 1.54. The van der Waals surface area contributed by atoms with Gasteiger partial charge in [0.05, 0.1) is 18.3 Å². The lowest BCUT2D eigenvalue weighted by Gasteiger charge is -2.23. The molecule has 2 amide bonds. The summed E-state index contributed by atoms with van der Waals surface area (Å²) in [6.07, 6.45) is 2.47. The van der Waals surface area contributed by atoms with Gasteiger partial charge in [-0.15, -0.1) is 0 Å². The molecule has 0 aliphatic carbocycles. The molecule has 0 unspecified atom stereocenters. The van der Waals surface area contributed by atoms with Crippen LogP contribution in [0.15, 0.2) is 42.6 Å². The number of rotatable bonds is 6. The molecule has 1 aliphatic heterocycles. The van der Waals surface area contributed by atoms with E-state index in [1.807, 2.05) is 49.1 Å². The maximum Gasteiger partial charge on any atom is 0.339 e. The van der Waals surface area contributed by atoms with Crippen molar-refractivity contribution in [1.29, 1.82) is 0 Å². The summed E-state index contributed by atoms with van der Waals surface area (Å²) in [6.45, 7) is 8.76. The Morgan fingerprint density at radius 1 is 1.06 bits per heavy atom. The van der Waals surface area contributed by atoms with E-state index in [0.717, 1.165) is 30.2 Å². The molecule has 1 aliphatic rings. The number of pyridine rings is 1. The number of ether oxygens (including phenoxy) is 2. The predicted molar refractivity (Wildman–Crippen MR) is 120 cm³/mol. The summed E-state index contributed by atoms with van der Waals surface area (Å²) in [5.74, 6) is 1.19. The van der Waals surface area contributed by atoms with Gasteiger partial charge in [0.25, 0.3) is 0 Å². The third kappa shape index (κ3) is 6.34. The highest BCUT2D eigenvalue weighted by molar-refractivity contribution is 5.90. The first kappa shape index (κ1) is 22.4. The molecule has 2 aromatic rings. The molecule has 2 heterocycles. The summed E-state index contributed by atoms with van der Waals surface area (Å²) in [6, 6.07) is 10.8. The quantitative estimate of drug-likeness (QED) is 0.708. The summed E-state index contributed by atoms with van der Waals surface area (Å²) in [4.78, 5) is 32.8. The van der Waals surface area contributed by atoms with Crippen molar-refractivity contribution in [1.82, 2.24) is 9.88 Å². The predicted octanol–water partition coefficient (Wildman–Crippen LogP) is 3.79. The molecule has 0 atom stereocenters. The highest BCUT2D eigenvalue weighted by Crippen LogP contribution is 2.19. The van der Waals surface area contributed by atoms with Gasteiger partial charge in [0, 0.05) is 38.1 Å². The molecule has 3 rings (SSSR count). The van der Waals surface area contributed by atoms with Crippen LogP contribution in [0.1, 0.15) is 37.6 Å². The number of carbonyl (C=O) groups is 2. The summed E-state index contributed by atoms with van der Waals surface area (Å²) in [7, 11) is 0. The number of urea groups is 1. The molecule has 0 spiro atoms. The SMILES string of the molecule is CCOC(=O)c1ccc(N2CCCN(C(=O)Nc3ccc(OC(C)C)cc3)CC2)nc1. The zero-order chi connectivity index (χ0) is 22.2. The minimum atomic E-state index is -0.371. The highest BCUT2D eigenvalue weighted by atomic mass is 16.5. The molecule has 1 aromatic carbocycles. The number of hydrogen-bond donors (Lipinski definition) is 1. The van der Waals surface area contributed by atoms with Crippen LogP contribution < -0.4 is 15.0 Å². The molecule has 0 radical (unpaired) electrons. The Kier molecular flexibility index (Phi) is 7.70. The summed E-state index contributed by atoms with van der Waals surface area (Å²) >= 11 is 0. The van der Waals surface area contributed by atoms with Gasteiger partial charge in [-0.25, -0.2) is 14.6 Å². The topological polar surface area (TPSA) is 84.0 Å². The van der Waals surface area contributed by atoms with Crippen LogP contribution in [0.4, 0.5) is 16.3 Å². The van der Waals surface area contributed by atoms with Crippen LogP contribution in [0.3, 0.4) is 0 Å². The normalized spacial score (nSPS) is 14.2. The Morgan fingerprint density at radius 2 is 1.84 bits per heavy atom. The standard InChI is InChI=1S/C23H30N4O4/c1-4-30-22(28)18-6-11-21(24-16-18)26-12-5-13-27(15-14-26)23(29)25-19-7-9-20(10-8-19)31-17(2)3/h6-11,16-17H,4-5,12-15H2,1-3H3,(H,25,29). The van der Waals surface area contributed by atoms with Gasteiger partial charge in [-0.05, 0) is 63.6 Å². The molecule has 1 saturated heterocycles. The minimum Gasteiger partial charge on any atom is -0.491 e. The highest BCUT2D eigenvalue weighted by Gasteiger charge is 2.20. The van der Waals surface area contributed by atoms with Gasteiger partial charge in [-0.1, -0.05) is 0 Å². The third-order valence-electron chi connectivity index (χ3n) is 4.84. The smallest absolute Gasteiger partial charge is 0.339 e. The Labute approximate surface area is 183 Å². The molecule has 1 N–H and O–H groups in total. The van der Waals surface area contributed by atoms with Crippen LogP contribution in [-0.4, -0.2) is 60.8 Å². The summed E-state index contributed by atoms with van der Waals surface area (Å²) in [5.41, 5.74) is 1.17. The second-order valence-electron chi connectivity index (χ2n) is 7.57. The van der Waals surface area contributed by atoms with E-state index in [4.69, 9.17) is 9.47 Å². The first-order valence-electron chi connectivity index (χ1n) is 10.7. The van der Waals surface area contributed by atoms with Crippen molar-refractivity contribution in [3.8, 4) is 5.75 Å². The molecular formula is C23H30N4O4. The van der Waals surface area contributed by atoms with Crippen LogP contribution in [0.5, 0.6) is 5.75 Å². The zero-order valence-corrected chi connectivity index (χ0v) is 18.3. The number of hydrogen-bond acceptors (Lipinski definition) is 6. The fraction of sp³-hybridized carbons (Fsp3) is 0.435. The Morgan fingerprint density at radius 3 is 2.48 bits per heavy atom. The molecule has 166 valence electrons. The van der Waals surface area contributed by atoms with Gasteiger partial charge in [0.1, 0.15) is 11.6 Å². The van der Waals surface area contributed by atoms with Crippen molar-refractivity contribution in [2.75, 3.05) is 43.0 Å². The van der Waals surface area contributed by atoms with E-state index in [9.17, 15) is 9.59 Å². The molecule has 0 saturated carbocycles. The van der Waals surface area contributed by atoms with Gasteiger partial charge < -0.3 is 24.6 Å². The molecule has 1 aromatic heterocycles. The van der Waals surface area contributed by atoms with Crippen LogP contribution >= 0.6 is 0 Å². The Bertz CT molecular complexity index is 868. The van der Waals surface area contributed by atoms with Gasteiger partial charge in [-0.2, -0.15) is 0 Å². The molecule has 8 heteroatoms. The fourth-order valence-corrected chi connectivity index (χ4v) is 3.35. The van der Waals surface area contributed by atoms with Crippen molar-refractivity contribution < 1.29 is 19.1 Å². The van der Waals surface area contributed by atoms with E-state index in [0.29, 0.717) is 31.8 Å². The Hall–Kier alpha value is -3.29.